The maximum absolute atomic E-state index is 9.74. The van der Waals surface area contributed by atoms with Crippen molar-refractivity contribution < 1.29 is 5.11 Å². The molecule has 2 rings (SSSR count). The predicted molar refractivity (Wildman–Crippen MR) is 58.7 cm³/mol. The molecule has 0 amide bonds. The molecule has 14 heavy (non-hydrogen) atoms. The summed E-state index contributed by atoms with van der Waals surface area (Å²) >= 11 is 0. The van der Waals surface area contributed by atoms with Crippen LogP contribution in [0.1, 0.15) is 49.7 Å². The third-order valence-corrected chi connectivity index (χ3v) is 3.18. The summed E-state index contributed by atoms with van der Waals surface area (Å²) in [5.41, 5.74) is 2.55. The van der Waals surface area contributed by atoms with Gasteiger partial charge in [0.2, 0.25) is 0 Å². The van der Waals surface area contributed by atoms with Crippen LogP contribution in [0.3, 0.4) is 0 Å². The highest BCUT2D eigenvalue weighted by Crippen LogP contribution is 2.40. The van der Waals surface area contributed by atoms with Gasteiger partial charge in [0, 0.05) is 0 Å². The van der Waals surface area contributed by atoms with Crippen LogP contribution < -0.4 is 0 Å². The lowest BCUT2D eigenvalue weighted by Crippen LogP contribution is -2.09. The highest BCUT2D eigenvalue weighted by Gasteiger charge is 2.22. The van der Waals surface area contributed by atoms with Crippen LogP contribution in [0.5, 0.6) is 5.75 Å². The third-order valence-electron chi connectivity index (χ3n) is 3.18. The molecule has 1 N–H and O–H groups in total. The SMILES string of the molecule is CCCc1ccc(O)c(C2CCC2)c1. The maximum Gasteiger partial charge on any atom is 0.119 e. The molecule has 1 heteroatoms. The van der Waals surface area contributed by atoms with Gasteiger partial charge in [-0.3, -0.25) is 0 Å². The van der Waals surface area contributed by atoms with E-state index in [0.717, 1.165) is 6.42 Å². The molecule has 76 valence electrons. The van der Waals surface area contributed by atoms with Crippen LogP contribution in [0.25, 0.3) is 0 Å². The van der Waals surface area contributed by atoms with Crippen LogP contribution in [0.4, 0.5) is 0 Å². The number of aromatic hydroxyl groups is 1. The monoisotopic (exact) mass is 190 g/mol. The van der Waals surface area contributed by atoms with Gasteiger partial charge in [-0.25, -0.2) is 0 Å². The number of hydrogen-bond acceptors (Lipinski definition) is 1. The summed E-state index contributed by atoms with van der Waals surface area (Å²) in [7, 11) is 0. The molecular formula is C13H18O. The van der Waals surface area contributed by atoms with E-state index in [1.54, 1.807) is 0 Å². The van der Waals surface area contributed by atoms with E-state index in [0.29, 0.717) is 11.7 Å². The molecule has 0 spiro atoms. The average molecular weight is 190 g/mol. The molecule has 0 radical (unpaired) electrons. The zero-order valence-corrected chi connectivity index (χ0v) is 8.79. The molecule has 0 atom stereocenters. The maximum atomic E-state index is 9.74. The van der Waals surface area contributed by atoms with E-state index in [1.807, 2.05) is 12.1 Å². The molecule has 1 aromatic carbocycles. The molecule has 1 aliphatic rings. The molecule has 0 saturated heterocycles. The fraction of sp³-hybridized carbons (Fsp3) is 0.538. The highest BCUT2D eigenvalue weighted by atomic mass is 16.3. The molecular weight excluding hydrogens is 172 g/mol. The molecule has 0 aromatic heterocycles. The van der Waals surface area contributed by atoms with Gasteiger partial charge in [-0.1, -0.05) is 31.9 Å². The van der Waals surface area contributed by atoms with Crippen molar-refractivity contribution in [3.8, 4) is 5.75 Å². The second-order valence-corrected chi connectivity index (χ2v) is 4.27. The molecule has 1 aromatic rings. The van der Waals surface area contributed by atoms with Crippen LogP contribution in [0.2, 0.25) is 0 Å². The van der Waals surface area contributed by atoms with Gasteiger partial charge in [-0.15, -0.1) is 0 Å². The van der Waals surface area contributed by atoms with Gasteiger partial charge in [0.15, 0.2) is 0 Å². The van der Waals surface area contributed by atoms with E-state index in [9.17, 15) is 5.11 Å². The largest absolute Gasteiger partial charge is 0.508 e. The fourth-order valence-electron chi connectivity index (χ4n) is 2.09. The number of phenols is 1. The van der Waals surface area contributed by atoms with E-state index in [4.69, 9.17) is 0 Å². The van der Waals surface area contributed by atoms with Gasteiger partial charge in [-0.2, -0.15) is 0 Å². The van der Waals surface area contributed by atoms with Gasteiger partial charge >= 0.3 is 0 Å². The van der Waals surface area contributed by atoms with E-state index in [-0.39, 0.29) is 0 Å². The van der Waals surface area contributed by atoms with Crippen LogP contribution in [-0.4, -0.2) is 5.11 Å². The number of rotatable bonds is 3. The Morgan fingerprint density at radius 3 is 2.71 bits per heavy atom. The lowest BCUT2D eigenvalue weighted by atomic mass is 9.79. The molecule has 0 aliphatic heterocycles. The Balaban J connectivity index is 2.22. The fourth-order valence-corrected chi connectivity index (χ4v) is 2.09. The van der Waals surface area contributed by atoms with Crippen molar-refractivity contribution in [2.75, 3.05) is 0 Å². The number of phenolic OH excluding ortho intramolecular Hbond substituents is 1. The molecule has 1 aliphatic carbocycles. The average Bonchev–Trinajstić information content (AvgIpc) is 2.08. The first kappa shape index (κ1) is 9.57. The van der Waals surface area contributed by atoms with Crippen molar-refractivity contribution in [3.63, 3.8) is 0 Å². The highest BCUT2D eigenvalue weighted by molar-refractivity contribution is 5.39. The summed E-state index contributed by atoms with van der Waals surface area (Å²) in [4.78, 5) is 0. The van der Waals surface area contributed by atoms with Crippen molar-refractivity contribution in [2.24, 2.45) is 0 Å². The molecule has 1 fully saturated rings. The minimum atomic E-state index is 0.495. The second kappa shape index (κ2) is 4.04. The predicted octanol–water partition coefficient (Wildman–Crippen LogP) is 3.61. The summed E-state index contributed by atoms with van der Waals surface area (Å²) < 4.78 is 0. The lowest BCUT2D eigenvalue weighted by Gasteiger charge is -2.26. The first-order valence-electron chi connectivity index (χ1n) is 5.63. The van der Waals surface area contributed by atoms with Crippen LogP contribution in [-0.2, 0) is 6.42 Å². The number of benzene rings is 1. The first-order valence-corrected chi connectivity index (χ1v) is 5.63. The van der Waals surface area contributed by atoms with Crippen LogP contribution in [0.15, 0.2) is 18.2 Å². The topological polar surface area (TPSA) is 20.2 Å². The third kappa shape index (κ3) is 1.77. The van der Waals surface area contributed by atoms with Gasteiger partial charge in [0.05, 0.1) is 0 Å². The van der Waals surface area contributed by atoms with Gasteiger partial charge in [0.1, 0.15) is 5.75 Å². The van der Waals surface area contributed by atoms with Crippen molar-refractivity contribution in [2.45, 2.75) is 44.9 Å². The lowest BCUT2D eigenvalue weighted by molar-refractivity contribution is 0.392. The normalized spacial score (nSPS) is 16.6. The Kier molecular flexibility index (Phi) is 2.76. The van der Waals surface area contributed by atoms with Gasteiger partial charge < -0.3 is 5.11 Å². The number of hydrogen-bond donors (Lipinski definition) is 1. The summed E-state index contributed by atoms with van der Waals surface area (Å²) in [5.74, 6) is 1.13. The van der Waals surface area contributed by atoms with E-state index >= 15 is 0 Å². The molecule has 0 bridgehead atoms. The Labute approximate surface area is 85.8 Å². The van der Waals surface area contributed by atoms with Gasteiger partial charge in [-0.05, 0) is 42.4 Å². The first-order chi connectivity index (χ1) is 6.81. The Morgan fingerprint density at radius 1 is 1.36 bits per heavy atom. The minimum absolute atomic E-state index is 0.495. The van der Waals surface area contributed by atoms with Crippen molar-refractivity contribution in [1.82, 2.24) is 0 Å². The quantitative estimate of drug-likeness (QED) is 0.772. The zero-order chi connectivity index (χ0) is 9.97. The van der Waals surface area contributed by atoms with E-state index in [1.165, 1.54) is 36.8 Å². The van der Waals surface area contributed by atoms with E-state index < -0.39 is 0 Å². The summed E-state index contributed by atoms with van der Waals surface area (Å²) in [6, 6.07) is 6.10. The molecule has 1 nitrogen and oxygen atoms in total. The molecule has 0 unspecified atom stereocenters. The zero-order valence-electron chi connectivity index (χ0n) is 8.79. The smallest absolute Gasteiger partial charge is 0.119 e. The molecule has 0 heterocycles. The summed E-state index contributed by atoms with van der Waals surface area (Å²) in [6.07, 6.45) is 6.13. The Morgan fingerprint density at radius 2 is 2.14 bits per heavy atom. The van der Waals surface area contributed by atoms with Gasteiger partial charge in [0.25, 0.3) is 0 Å². The van der Waals surface area contributed by atoms with Crippen LogP contribution >= 0.6 is 0 Å². The minimum Gasteiger partial charge on any atom is -0.508 e. The van der Waals surface area contributed by atoms with Crippen LogP contribution in [0, 0.1) is 0 Å². The van der Waals surface area contributed by atoms with E-state index in [2.05, 4.69) is 13.0 Å². The summed E-state index contributed by atoms with van der Waals surface area (Å²) in [6.45, 7) is 2.19. The number of aryl methyl sites for hydroxylation is 1. The summed E-state index contributed by atoms with van der Waals surface area (Å²) in [5, 5.41) is 9.74. The van der Waals surface area contributed by atoms with Crippen molar-refractivity contribution >= 4 is 0 Å². The Bertz CT molecular complexity index is 313. The van der Waals surface area contributed by atoms with Crippen molar-refractivity contribution in [3.05, 3.63) is 29.3 Å². The standard InChI is InChI=1S/C13H18O/c1-2-4-10-7-8-13(14)12(9-10)11-5-3-6-11/h7-9,11,14H,2-6H2,1H3. The Hall–Kier alpha value is -0.980. The second-order valence-electron chi connectivity index (χ2n) is 4.27. The molecule has 1 saturated carbocycles. The van der Waals surface area contributed by atoms with Crippen molar-refractivity contribution in [1.29, 1.82) is 0 Å².